The lowest BCUT2D eigenvalue weighted by Crippen LogP contribution is -2.29. The van der Waals surface area contributed by atoms with Crippen LogP contribution in [0, 0.1) is 0 Å². The van der Waals surface area contributed by atoms with E-state index in [1.807, 2.05) is 25.1 Å². The van der Waals surface area contributed by atoms with E-state index in [-0.39, 0.29) is 6.54 Å². The quantitative estimate of drug-likeness (QED) is 0.834. The van der Waals surface area contributed by atoms with E-state index in [4.69, 9.17) is 16.7 Å². The van der Waals surface area contributed by atoms with Crippen molar-refractivity contribution in [1.29, 1.82) is 0 Å². The van der Waals surface area contributed by atoms with E-state index in [2.05, 4.69) is 0 Å². The highest BCUT2D eigenvalue weighted by Gasteiger charge is 2.10. The molecule has 0 aliphatic carbocycles. The molecule has 3 nitrogen and oxygen atoms in total. The summed E-state index contributed by atoms with van der Waals surface area (Å²) in [7, 11) is 0. The van der Waals surface area contributed by atoms with Crippen LogP contribution in [0.5, 0.6) is 0 Å². The summed E-state index contributed by atoms with van der Waals surface area (Å²) in [6.07, 6.45) is 0. The summed E-state index contributed by atoms with van der Waals surface area (Å²) in [6.45, 7) is 2.49. The van der Waals surface area contributed by atoms with Crippen LogP contribution >= 0.6 is 11.6 Å². The standard InChI is InChI=1S/C10H12ClNO2/c1-2-12(7-10(13)14)9-6-4-3-5-8(9)11/h3-6H,2,7H2,1H3,(H,13,14). The van der Waals surface area contributed by atoms with Crippen LogP contribution in [0.3, 0.4) is 0 Å². The molecule has 0 saturated carbocycles. The van der Waals surface area contributed by atoms with E-state index in [0.717, 1.165) is 5.69 Å². The first kappa shape index (κ1) is 10.9. The van der Waals surface area contributed by atoms with E-state index in [1.165, 1.54) is 0 Å². The number of hydrogen-bond donors (Lipinski definition) is 1. The predicted octanol–water partition coefficient (Wildman–Crippen LogP) is 2.25. The number of para-hydroxylation sites is 1. The maximum absolute atomic E-state index is 10.6. The van der Waals surface area contributed by atoms with Gasteiger partial charge in [0.15, 0.2) is 0 Å². The third-order valence-electron chi connectivity index (χ3n) is 1.90. The summed E-state index contributed by atoms with van der Waals surface area (Å²) >= 11 is 5.95. The number of carboxylic acids is 1. The van der Waals surface area contributed by atoms with Gasteiger partial charge in [0.2, 0.25) is 0 Å². The maximum atomic E-state index is 10.6. The zero-order chi connectivity index (χ0) is 10.6. The lowest BCUT2D eigenvalue weighted by molar-refractivity contribution is -0.135. The summed E-state index contributed by atoms with van der Waals surface area (Å²) in [5.41, 5.74) is 0.763. The average Bonchev–Trinajstić information content (AvgIpc) is 2.15. The van der Waals surface area contributed by atoms with Crippen LogP contribution in [-0.2, 0) is 4.79 Å². The fraction of sp³-hybridized carbons (Fsp3) is 0.300. The van der Waals surface area contributed by atoms with E-state index in [9.17, 15) is 4.79 Å². The van der Waals surface area contributed by atoms with Gasteiger partial charge in [-0.2, -0.15) is 0 Å². The van der Waals surface area contributed by atoms with Gasteiger partial charge in [-0.05, 0) is 19.1 Å². The third-order valence-corrected chi connectivity index (χ3v) is 2.22. The lowest BCUT2D eigenvalue weighted by atomic mass is 10.3. The summed E-state index contributed by atoms with van der Waals surface area (Å²) in [4.78, 5) is 12.3. The van der Waals surface area contributed by atoms with E-state index in [1.54, 1.807) is 11.0 Å². The van der Waals surface area contributed by atoms with Gasteiger partial charge in [-0.1, -0.05) is 23.7 Å². The number of aliphatic carboxylic acids is 1. The first-order chi connectivity index (χ1) is 6.65. The molecule has 0 fully saturated rings. The molecule has 1 N–H and O–H groups in total. The number of likely N-dealkylation sites (N-methyl/N-ethyl adjacent to an activating group) is 1. The van der Waals surface area contributed by atoms with Gasteiger partial charge in [-0.25, -0.2) is 0 Å². The number of carbonyl (C=O) groups is 1. The molecular weight excluding hydrogens is 202 g/mol. The van der Waals surface area contributed by atoms with Gasteiger partial charge in [0, 0.05) is 6.54 Å². The van der Waals surface area contributed by atoms with Crippen molar-refractivity contribution in [2.75, 3.05) is 18.0 Å². The van der Waals surface area contributed by atoms with Crippen LogP contribution in [-0.4, -0.2) is 24.2 Å². The summed E-state index contributed by atoms with van der Waals surface area (Å²) in [5.74, 6) is -0.855. The molecule has 0 aromatic heterocycles. The molecule has 0 aliphatic heterocycles. The average molecular weight is 214 g/mol. The number of rotatable bonds is 4. The molecule has 1 rings (SSSR count). The fourth-order valence-corrected chi connectivity index (χ4v) is 1.49. The first-order valence-corrected chi connectivity index (χ1v) is 4.74. The van der Waals surface area contributed by atoms with Crippen molar-refractivity contribution in [2.45, 2.75) is 6.92 Å². The van der Waals surface area contributed by atoms with Crippen molar-refractivity contribution in [3.8, 4) is 0 Å². The molecule has 1 aromatic carbocycles. The van der Waals surface area contributed by atoms with Gasteiger partial charge < -0.3 is 10.0 Å². The van der Waals surface area contributed by atoms with Crippen molar-refractivity contribution < 1.29 is 9.90 Å². The number of carboxylic acid groups (broad SMARTS) is 1. The second-order valence-corrected chi connectivity index (χ2v) is 3.27. The topological polar surface area (TPSA) is 40.5 Å². The van der Waals surface area contributed by atoms with Crippen LogP contribution in [0.15, 0.2) is 24.3 Å². The Hall–Kier alpha value is -1.22. The Kier molecular flexibility index (Phi) is 3.77. The molecule has 0 unspecified atom stereocenters. The predicted molar refractivity (Wildman–Crippen MR) is 57.0 cm³/mol. The molecule has 0 saturated heterocycles. The molecule has 14 heavy (non-hydrogen) atoms. The Morgan fingerprint density at radius 3 is 2.64 bits per heavy atom. The number of anilines is 1. The van der Waals surface area contributed by atoms with Crippen LogP contribution in [0.4, 0.5) is 5.69 Å². The molecule has 0 amide bonds. The van der Waals surface area contributed by atoms with Crippen molar-refractivity contribution in [2.24, 2.45) is 0 Å². The van der Waals surface area contributed by atoms with Gasteiger partial charge in [0.1, 0.15) is 6.54 Å². The van der Waals surface area contributed by atoms with Crippen LogP contribution in [0.1, 0.15) is 6.92 Å². The van der Waals surface area contributed by atoms with Crippen molar-refractivity contribution in [3.63, 3.8) is 0 Å². The molecule has 76 valence electrons. The SMILES string of the molecule is CCN(CC(=O)O)c1ccccc1Cl. The van der Waals surface area contributed by atoms with Crippen LogP contribution in [0.2, 0.25) is 5.02 Å². The molecule has 0 aliphatic rings. The summed E-state index contributed by atoms with van der Waals surface area (Å²) < 4.78 is 0. The zero-order valence-corrected chi connectivity index (χ0v) is 8.66. The highest BCUT2D eigenvalue weighted by molar-refractivity contribution is 6.33. The molecule has 0 radical (unpaired) electrons. The lowest BCUT2D eigenvalue weighted by Gasteiger charge is -2.21. The van der Waals surface area contributed by atoms with Gasteiger partial charge >= 0.3 is 5.97 Å². The second kappa shape index (κ2) is 4.86. The molecule has 0 heterocycles. The Morgan fingerprint density at radius 2 is 2.14 bits per heavy atom. The highest BCUT2D eigenvalue weighted by Crippen LogP contribution is 2.24. The number of hydrogen-bond acceptors (Lipinski definition) is 2. The first-order valence-electron chi connectivity index (χ1n) is 4.36. The highest BCUT2D eigenvalue weighted by atomic mass is 35.5. The van der Waals surface area contributed by atoms with Crippen LogP contribution in [0.25, 0.3) is 0 Å². The monoisotopic (exact) mass is 213 g/mol. The molecule has 0 spiro atoms. The van der Waals surface area contributed by atoms with Gasteiger partial charge in [-0.3, -0.25) is 4.79 Å². The molecular formula is C10H12ClNO2. The normalized spacial score (nSPS) is 9.86. The minimum absolute atomic E-state index is 0.0275. The van der Waals surface area contributed by atoms with Crippen LogP contribution < -0.4 is 4.90 Å². The van der Waals surface area contributed by atoms with E-state index >= 15 is 0 Å². The zero-order valence-electron chi connectivity index (χ0n) is 7.90. The van der Waals surface area contributed by atoms with Gasteiger partial charge in [0.25, 0.3) is 0 Å². The third kappa shape index (κ3) is 2.64. The van der Waals surface area contributed by atoms with Crippen molar-refractivity contribution in [1.82, 2.24) is 0 Å². The Morgan fingerprint density at radius 1 is 1.50 bits per heavy atom. The van der Waals surface area contributed by atoms with E-state index < -0.39 is 5.97 Å². The molecule has 1 aromatic rings. The summed E-state index contributed by atoms with van der Waals surface area (Å²) in [5, 5.41) is 9.26. The number of benzene rings is 1. The molecule has 0 bridgehead atoms. The summed E-state index contributed by atoms with van der Waals surface area (Å²) in [6, 6.07) is 7.22. The van der Waals surface area contributed by atoms with Crippen molar-refractivity contribution >= 4 is 23.3 Å². The van der Waals surface area contributed by atoms with Crippen molar-refractivity contribution in [3.05, 3.63) is 29.3 Å². The fourth-order valence-electron chi connectivity index (χ4n) is 1.24. The Labute approximate surface area is 87.9 Å². The second-order valence-electron chi connectivity index (χ2n) is 2.86. The number of halogens is 1. The smallest absolute Gasteiger partial charge is 0.323 e. The molecule has 0 atom stereocenters. The maximum Gasteiger partial charge on any atom is 0.323 e. The Bertz CT molecular complexity index is 328. The minimum Gasteiger partial charge on any atom is -0.480 e. The van der Waals surface area contributed by atoms with E-state index in [0.29, 0.717) is 11.6 Å². The minimum atomic E-state index is -0.855. The largest absolute Gasteiger partial charge is 0.480 e. The van der Waals surface area contributed by atoms with Gasteiger partial charge in [0.05, 0.1) is 10.7 Å². The Balaban J connectivity index is 2.89. The van der Waals surface area contributed by atoms with Gasteiger partial charge in [-0.15, -0.1) is 0 Å². The number of nitrogens with zero attached hydrogens (tertiary/aromatic N) is 1. The molecule has 4 heteroatoms.